The van der Waals surface area contributed by atoms with Gasteiger partial charge in [-0.3, -0.25) is 0 Å². The van der Waals surface area contributed by atoms with Crippen molar-refractivity contribution < 1.29 is 5.21 Å². The Morgan fingerprint density at radius 3 is 2.17 bits per heavy atom. The molecule has 0 bridgehead atoms. The molecule has 1 atom stereocenters. The minimum atomic E-state index is -0.166. The van der Waals surface area contributed by atoms with Gasteiger partial charge in [0.1, 0.15) is 0 Å². The monoisotopic (exact) mass is 205 g/mol. The molecule has 12 heavy (non-hydrogen) atoms. The van der Waals surface area contributed by atoms with Crippen molar-refractivity contribution in [2.24, 2.45) is 0 Å². The Hall–Kier alpha value is -0.280. The number of hydrogen-bond donors (Lipinski definition) is 2. The van der Waals surface area contributed by atoms with Gasteiger partial charge in [-0.05, 0) is 30.7 Å². The molecule has 1 rings (SSSR count). The van der Waals surface area contributed by atoms with Crippen molar-refractivity contribution in [1.29, 1.82) is 0 Å². The molecule has 1 aromatic rings. The second-order valence-electron chi connectivity index (χ2n) is 2.55. The van der Waals surface area contributed by atoms with Crippen LogP contribution in [0.15, 0.2) is 18.2 Å². The standard InChI is InChI=1S/C8H9Cl2NO/c1-5(11-12)6-2-7(9)4-8(10)3-6/h2-5,11-12H,1H3/t5-/m0/s1. The van der Waals surface area contributed by atoms with Crippen molar-refractivity contribution in [2.45, 2.75) is 13.0 Å². The molecular formula is C8H9Cl2NO. The molecule has 2 nitrogen and oxygen atoms in total. The Bertz CT molecular complexity index is 258. The SMILES string of the molecule is C[C@H](NO)c1cc(Cl)cc(Cl)c1. The van der Waals surface area contributed by atoms with Crippen molar-refractivity contribution in [3.63, 3.8) is 0 Å². The maximum absolute atomic E-state index is 8.63. The van der Waals surface area contributed by atoms with Crippen molar-refractivity contribution in [1.82, 2.24) is 5.48 Å². The van der Waals surface area contributed by atoms with Gasteiger partial charge in [-0.25, -0.2) is 0 Å². The Morgan fingerprint density at radius 2 is 1.75 bits per heavy atom. The molecule has 0 heterocycles. The van der Waals surface area contributed by atoms with Crippen LogP contribution in [-0.2, 0) is 0 Å². The first-order chi connectivity index (χ1) is 5.63. The van der Waals surface area contributed by atoms with E-state index in [1.54, 1.807) is 18.2 Å². The summed E-state index contributed by atoms with van der Waals surface area (Å²) < 4.78 is 0. The lowest BCUT2D eigenvalue weighted by Crippen LogP contribution is -2.12. The lowest BCUT2D eigenvalue weighted by Gasteiger charge is -2.09. The van der Waals surface area contributed by atoms with Crippen LogP contribution in [0, 0.1) is 0 Å². The van der Waals surface area contributed by atoms with Crippen LogP contribution in [0.25, 0.3) is 0 Å². The third kappa shape index (κ3) is 2.35. The molecule has 0 saturated carbocycles. The molecule has 4 heteroatoms. The van der Waals surface area contributed by atoms with Crippen LogP contribution in [-0.4, -0.2) is 5.21 Å². The number of benzene rings is 1. The maximum Gasteiger partial charge on any atom is 0.0541 e. The molecule has 0 unspecified atom stereocenters. The molecule has 2 N–H and O–H groups in total. The number of halogens is 2. The summed E-state index contributed by atoms with van der Waals surface area (Å²) in [5.74, 6) is 0. The van der Waals surface area contributed by atoms with Crippen LogP contribution in [0.1, 0.15) is 18.5 Å². The highest BCUT2D eigenvalue weighted by Crippen LogP contribution is 2.22. The molecular weight excluding hydrogens is 197 g/mol. The molecule has 0 aliphatic heterocycles. The van der Waals surface area contributed by atoms with Crippen LogP contribution in [0.4, 0.5) is 0 Å². The molecule has 0 amide bonds. The smallest absolute Gasteiger partial charge is 0.0541 e. The summed E-state index contributed by atoms with van der Waals surface area (Å²) in [5.41, 5.74) is 2.97. The minimum absolute atomic E-state index is 0.166. The van der Waals surface area contributed by atoms with Crippen LogP contribution in [0.5, 0.6) is 0 Å². The Labute approximate surface area is 81.1 Å². The summed E-state index contributed by atoms with van der Waals surface area (Å²) in [6.07, 6.45) is 0. The minimum Gasteiger partial charge on any atom is -0.316 e. The highest BCUT2D eigenvalue weighted by Gasteiger charge is 2.04. The summed E-state index contributed by atoms with van der Waals surface area (Å²) in [5, 5.41) is 9.77. The number of nitrogens with one attached hydrogen (secondary N) is 1. The predicted octanol–water partition coefficient (Wildman–Crippen LogP) is 3.03. The second kappa shape index (κ2) is 4.10. The first-order valence-electron chi connectivity index (χ1n) is 3.49. The third-order valence-corrected chi connectivity index (χ3v) is 2.01. The van der Waals surface area contributed by atoms with E-state index in [0.717, 1.165) is 5.56 Å². The van der Waals surface area contributed by atoms with Crippen molar-refractivity contribution >= 4 is 23.2 Å². The van der Waals surface area contributed by atoms with Crippen LogP contribution < -0.4 is 5.48 Å². The van der Waals surface area contributed by atoms with E-state index < -0.39 is 0 Å². The summed E-state index contributed by atoms with van der Waals surface area (Å²) in [7, 11) is 0. The van der Waals surface area contributed by atoms with E-state index in [1.165, 1.54) is 0 Å². The summed E-state index contributed by atoms with van der Waals surface area (Å²) in [4.78, 5) is 0. The van der Waals surface area contributed by atoms with Gasteiger partial charge in [0.2, 0.25) is 0 Å². The van der Waals surface area contributed by atoms with E-state index in [2.05, 4.69) is 5.48 Å². The summed E-state index contributed by atoms with van der Waals surface area (Å²) >= 11 is 11.5. The number of hydroxylamine groups is 1. The van der Waals surface area contributed by atoms with Gasteiger partial charge >= 0.3 is 0 Å². The van der Waals surface area contributed by atoms with Gasteiger partial charge < -0.3 is 5.21 Å². The van der Waals surface area contributed by atoms with Gasteiger partial charge in [0.05, 0.1) is 6.04 Å². The highest BCUT2D eigenvalue weighted by atomic mass is 35.5. The third-order valence-electron chi connectivity index (χ3n) is 1.58. The normalized spacial score (nSPS) is 13.0. The molecule has 0 fully saturated rings. The molecule has 0 aromatic heterocycles. The Kier molecular flexibility index (Phi) is 3.35. The molecule has 0 aliphatic carbocycles. The largest absolute Gasteiger partial charge is 0.316 e. The van der Waals surface area contributed by atoms with E-state index in [-0.39, 0.29) is 6.04 Å². The second-order valence-corrected chi connectivity index (χ2v) is 3.43. The van der Waals surface area contributed by atoms with E-state index in [1.807, 2.05) is 6.92 Å². The van der Waals surface area contributed by atoms with Gasteiger partial charge in [0.25, 0.3) is 0 Å². The zero-order valence-electron chi connectivity index (χ0n) is 6.51. The Morgan fingerprint density at radius 1 is 1.25 bits per heavy atom. The lowest BCUT2D eigenvalue weighted by molar-refractivity contribution is 0.133. The van der Waals surface area contributed by atoms with Crippen molar-refractivity contribution in [2.75, 3.05) is 0 Å². The number of hydrogen-bond acceptors (Lipinski definition) is 2. The molecule has 66 valence electrons. The van der Waals surface area contributed by atoms with Gasteiger partial charge in [-0.2, -0.15) is 5.48 Å². The first kappa shape index (κ1) is 9.81. The fourth-order valence-electron chi connectivity index (χ4n) is 0.900. The van der Waals surface area contributed by atoms with E-state index in [0.29, 0.717) is 10.0 Å². The molecule has 0 radical (unpaired) electrons. The van der Waals surface area contributed by atoms with E-state index >= 15 is 0 Å². The zero-order valence-corrected chi connectivity index (χ0v) is 8.02. The van der Waals surface area contributed by atoms with Gasteiger partial charge in [-0.1, -0.05) is 23.2 Å². The fraction of sp³-hybridized carbons (Fsp3) is 0.250. The average Bonchev–Trinajstić information content (AvgIpc) is 2.01. The number of rotatable bonds is 2. The topological polar surface area (TPSA) is 32.3 Å². The summed E-state index contributed by atoms with van der Waals surface area (Å²) in [6, 6.07) is 4.99. The van der Waals surface area contributed by atoms with Crippen LogP contribution in [0.3, 0.4) is 0 Å². The Balaban J connectivity index is 3.00. The van der Waals surface area contributed by atoms with Crippen LogP contribution >= 0.6 is 23.2 Å². The first-order valence-corrected chi connectivity index (χ1v) is 4.24. The van der Waals surface area contributed by atoms with Crippen molar-refractivity contribution in [3.05, 3.63) is 33.8 Å². The zero-order chi connectivity index (χ0) is 9.14. The lowest BCUT2D eigenvalue weighted by atomic mass is 10.1. The summed E-state index contributed by atoms with van der Waals surface area (Å²) in [6.45, 7) is 1.81. The van der Waals surface area contributed by atoms with Crippen LogP contribution in [0.2, 0.25) is 10.0 Å². The van der Waals surface area contributed by atoms with Gasteiger partial charge in [-0.15, -0.1) is 0 Å². The van der Waals surface area contributed by atoms with Gasteiger partial charge in [0.15, 0.2) is 0 Å². The molecule has 0 spiro atoms. The van der Waals surface area contributed by atoms with E-state index in [4.69, 9.17) is 28.4 Å². The van der Waals surface area contributed by atoms with E-state index in [9.17, 15) is 0 Å². The average molecular weight is 206 g/mol. The fourth-order valence-corrected chi connectivity index (χ4v) is 1.44. The predicted molar refractivity (Wildman–Crippen MR) is 49.8 cm³/mol. The highest BCUT2D eigenvalue weighted by molar-refractivity contribution is 6.34. The molecule has 0 saturated heterocycles. The molecule has 0 aliphatic rings. The van der Waals surface area contributed by atoms with Crippen molar-refractivity contribution in [3.8, 4) is 0 Å². The van der Waals surface area contributed by atoms with Gasteiger partial charge in [0, 0.05) is 10.0 Å². The quantitative estimate of drug-likeness (QED) is 0.729. The maximum atomic E-state index is 8.63. The molecule has 1 aromatic carbocycles.